The molecular formula is C14H19F3N2O2. The highest BCUT2D eigenvalue weighted by Gasteiger charge is 2.30. The predicted molar refractivity (Wildman–Crippen MR) is 72.7 cm³/mol. The molecule has 0 radical (unpaired) electrons. The van der Waals surface area contributed by atoms with Gasteiger partial charge in [-0.15, -0.1) is 13.2 Å². The fourth-order valence-electron chi connectivity index (χ4n) is 1.70. The molecule has 0 aliphatic heterocycles. The minimum Gasteiger partial charge on any atom is -0.406 e. The summed E-state index contributed by atoms with van der Waals surface area (Å²) < 4.78 is 39.7. The van der Waals surface area contributed by atoms with Crippen LogP contribution in [0.3, 0.4) is 0 Å². The lowest BCUT2D eigenvalue weighted by Gasteiger charge is -2.09. The molecule has 0 aromatic heterocycles. The molecule has 0 saturated carbocycles. The Bertz CT molecular complexity index is 433. The zero-order chi connectivity index (χ0) is 15.7. The molecular weight excluding hydrogens is 285 g/mol. The number of hydrogen-bond donors (Lipinski definition) is 2. The number of hydrogen-bond acceptors (Lipinski definition) is 3. The van der Waals surface area contributed by atoms with Crippen LogP contribution in [0.15, 0.2) is 24.3 Å². The van der Waals surface area contributed by atoms with Crippen LogP contribution in [0.5, 0.6) is 5.75 Å². The Morgan fingerprint density at radius 2 is 1.86 bits per heavy atom. The summed E-state index contributed by atoms with van der Waals surface area (Å²) in [5.41, 5.74) is 6.12. The maximum Gasteiger partial charge on any atom is 0.573 e. The summed E-state index contributed by atoms with van der Waals surface area (Å²) in [7, 11) is 0. The second-order valence-corrected chi connectivity index (χ2v) is 4.54. The predicted octanol–water partition coefficient (Wildman–Crippen LogP) is 2.37. The molecule has 1 amide bonds. The van der Waals surface area contributed by atoms with Crippen LogP contribution in [0.4, 0.5) is 13.2 Å². The molecule has 0 unspecified atom stereocenters. The van der Waals surface area contributed by atoms with Gasteiger partial charge in [0.25, 0.3) is 0 Å². The Labute approximate surface area is 121 Å². The van der Waals surface area contributed by atoms with Gasteiger partial charge in [-0.25, -0.2) is 0 Å². The second-order valence-electron chi connectivity index (χ2n) is 4.54. The van der Waals surface area contributed by atoms with Gasteiger partial charge >= 0.3 is 6.36 Å². The van der Waals surface area contributed by atoms with Crippen molar-refractivity contribution in [1.82, 2.24) is 5.32 Å². The maximum absolute atomic E-state index is 12.0. The SMILES string of the molecule is NCCCCNC(=O)CCc1ccc(OC(F)(F)F)cc1. The van der Waals surface area contributed by atoms with Crippen LogP contribution in [0.25, 0.3) is 0 Å². The van der Waals surface area contributed by atoms with Crippen molar-refractivity contribution in [3.05, 3.63) is 29.8 Å². The first-order valence-corrected chi connectivity index (χ1v) is 6.72. The van der Waals surface area contributed by atoms with Crippen molar-refractivity contribution < 1.29 is 22.7 Å². The van der Waals surface area contributed by atoms with E-state index in [1.165, 1.54) is 24.3 Å². The number of nitrogens with one attached hydrogen (secondary N) is 1. The summed E-state index contributed by atoms with van der Waals surface area (Å²) in [6.45, 7) is 1.19. The molecule has 1 aromatic rings. The zero-order valence-electron chi connectivity index (χ0n) is 11.6. The Morgan fingerprint density at radius 3 is 2.43 bits per heavy atom. The maximum atomic E-state index is 12.0. The Balaban J connectivity index is 2.30. The van der Waals surface area contributed by atoms with Crippen molar-refractivity contribution in [2.75, 3.05) is 13.1 Å². The molecule has 3 N–H and O–H groups in total. The van der Waals surface area contributed by atoms with Crippen LogP contribution in [0.1, 0.15) is 24.8 Å². The van der Waals surface area contributed by atoms with E-state index in [-0.39, 0.29) is 11.7 Å². The van der Waals surface area contributed by atoms with E-state index in [9.17, 15) is 18.0 Å². The van der Waals surface area contributed by atoms with E-state index >= 15 is 0 Å². The zero-order valence-corrected chi connectivity index (χ0v) is 11.6. The minimum absolute atomic E-state index is 0.0809. The van der Waals surface area contributed by atoms with Gasteiger partial charge in [-0.05, 0) is 43.5 Å². The Hall–Kier alpha value is -1.76. The van der Waals surface area contributed by atoms with E-state index in [0.717, 1.165) is 18.4 Å². The number of unbranched alkanes of at least 4 members (excludes halogenated alkanes) is 1. The Kier molecular flexibility index (Phi) is 7.01. The van der Waals surface area contributed by atoms with Crippen LogP contribution < -0.4 is 15.8 Å². The van der Waals surface area contributed by atoms with Crippen LogP contribution in [0.2, 0.25) is 0 Å². The molecule has 0 fully saturated rings. The summed E-state index contributed by atoms with van der Waals surface area (Å²) in [6, 6.07) is 5.51. The quantitative estimate of drug-likeness (QED) is 0.725. The van der Waals surface area contributed by atoms with E-state index in [0.29, 0.717) is 25.9 Å². The largest absolute Gasteiger partial charge is 0.573 e. The molecule has 4 nitrogen and oxygen atoms in total. The first kappa shape index (κ1) is 17.3. The standard InChI is InChI=1S/C14H19F3N2O2/c15-14(16,17)21-12-6-3-11(4-7-12)5-8-13(20)19-10-2-1-9-18/h3-4,6-7H,1-2,5,8-10,18H2,(H,19,20). The van der Waals surface area contributed by atoms with Gasteiger partial charge in [0.2, 0.25) is 5.91 Å². The van der Waals surface area contributed by atoms with E-state index < -0.39 is 6.36 Å². The number of aryl methyl sites for hydroxylation is 1. The number of rotatable bonds is 8. The molecule has 0 bridgehead atoms. The summed E-state index contributed by atoms with van der Waals surface area (Å²) in [5.74, 6) is -0.347. The van der Waals surface area contributed by atoms with Crippen LogP contribution in [0, 0.1) is 0 Å². The third kappa shape index (κ3) is 8.19. The van der Waals surface area contributed by atoms with E-state index in [1.54, 1.807) is 0 Å². The van der Waals surface area contributed by atoms with Gasteiger partial charge < -0.3 is 15.8 Å². The van der Waals surface area contributed by atoms with Crippen LogP contribution >= 0.6 is 0 Å². The molecule has 1 rings (SSSR count). The van der Waals surface area contributed by atoms with Crippen molar-refractivity contribution in [1.29, 1.82) is 0 Å². The molecule has 1 aromatic carbocycles. The lowest BCUT2D eigenvalue weighted by molar-refractivity contribution is -0.274. The van der Waals surface area contributed by atoms with Crippen LogP contribution in [-0.4, -0.2) is 25.4 Å². The number of amides is 1. The molecule has 21 heavy (non-hydrogen) atoms. The average molecular weight is 304 g/mol. The van der Waals surface area contributed by atoms with Crippen molar-refractivity contribution in [2.45, 2.75) is 32.0 Å². The smallest absolute Gasteiger partial charge is 0.406 e. The van der Waals surface area contributed by atoms with Gasteiger partial charge in [0.15, 0.2) is 0 Å². The summed E-state index contributed by atoms with van der Waals surface area (Å²) in [5, 5.41) is 2.76. The number of halogens is 3. The third-order valence-corrected chi connectivity index (χ3v) is 2.75. The minimum atomic E-state index is -4.69. The number of carbonyl (C=O) groups excluding carboxylic acids is 1. The van der Waals surface area contributed by atoms with E-state index in [4.69, 9.17) is 5.73 Å². The van der Waals surface area contributed by atoms with Gasteiger partial charge in [0.05, 0.1) is 0 Å². The molecule has 7 heteroatoms. The number of ether oxygens (including phenoxy) is 1. The van der Waals surface area contributed by atoms with E-state index in [1.807, 2.05) is 0 Å². The topological polar surface area (TPSA) is 64.3 Å². The first-order valence-electron chi connectivity index (χ1n) is 6.72. The molecule has 0 aliphatic carbocycles. The van der Waals surface area contributed by atoms with Crippen molar-refractivity contribution in [3.63, 3.8) is 0 Å². The van der Waals surface area contributed by atoms with Crippen LogP contribution in [-0.2, 0) is 11.2 Å². The molecule has 0 aliphatic rings. The number of benzene rings is 1. The highest BCUT2D eigenvalue weighted by Crippen LogP contribution is 2.22. The second kappa shape index (κ2) is 8.51. The number of carbonyl (C=O) groups is 1. The molecule has 118 valence electrons. The highest BCUT2D eigenvalue weighted by molar-refractivity contribution is 5.76. The molecule has 0 atom stereocenters. The van der Waals surface area contributed by atoms with Gasteiger partial charge in [-0.1, -0.05) is 12.1 Å². The van der Waals surface area contributed by atoms with Gasteiger partial charge in [0, 0.05) is 13.0 Å². The van der Waals surface area contributed by atoms with Gasteiger partial charge in [-0.3, -0.25) is 4.79 Å². The monoisotopic (exact) mass is 304 g/mol. The van der Waals surface area contributed by atoms with Crippen molar-refractivity contribution in [3.8, 4) is 5.75 Å². The van der Waals surface area contributed by atoms with E-state index in [2.05, 4.69) is 10.1 Å². The van der Waals surface area contributed by atoms with Gasteiger partial charge in [-0.2, -0.15) is 0 Å². The summed E-state index contributed by atoms with van der Waals surface area (Å²) in [6.07, 6.45) is -2.23. The van der Waals surface area contributed by atoms with Crippen molar-refractivity contribution in [2.24, 2.45) is 5.73 Å². The lowest BCUT2D eigenvalue weighted by Crippen LogP contribution is -2.25. The fraction of sp³-hybridized carbons (Fsp3) is 0.500. The molecule has 0 spiro atoms. The number of alkyl halides is 3. The average Bonchev–Trinajstić information content (AvgIpc) is 2.41. The molecule has 0 saturated heterocycles. The Morgan fingerprint density at radius 1 is 1.19 bits per heavy atom. The van der Waals surface area contributed by atoms with Gasteiger partial charge in [0.1, 0.15) is 5.75 Å². The lowest BCUT2D eigenvalue weighted by atomic mass is 10.1. The molecule has 0 heterocycles. The highest BCUT2D eigenvalue weighted by atomic mass is 19.4. The number of nitrogens with two attached hydrogens (primary N) is 1. The summed E-state index contributed by atoms with van der Waals surface area (Å²) >= 11 is 0. The fourth-order valence-corrected chi connectivity index (χ4v) is 1.70. The normalized spacial score (nSPS) is 11.2. The third-order valence-electron chi connectivity index (χ3n) is 2.75. The van der Waals surface area contributed by atoms with Crippen molar-refractivity contribution >= 4 is 5.91 Å². The summed E-state index contributed by atoms with van der Waals surface area (Å²) in [4.78, 5) is 11.5. The first-order chi connectivity index (χ1) is 9.90.